The van der Waals surface area contributed by atoms with Crippen molar-refractivity contribution in [2.45, 2.75) is 44.0 Å². The van der Waals surface area contributed by atoms with Gasteiger partial charge in [0, 0.05) is 75.2 Å². The van der Waals surface area contributed by atoms with E-state index >= 15 is 0 Å². The normalized spacial score (nSPS) is 15.7. The van der Waals surface area contributed by atoms with Gasteiger partial charge in [-0.15, -0.1) is 0 Å². The molecule has 2 amide bonds. The molecular formula is C42H45ClF3N3O4. The van der Waals surface area contributed by atoms with Gasteiger partial charge in [-0.3, -0.25) is 4.90 Å². The first-order chi connectivity index (χ1) is 25.4. The van der Waals surface area contributed by atoms with Gasteiger partial charge in [0.25, 0.3) is 0 Å². The summed E-state index contributed by atoms with van der Waals surface area (Å²) in [5.41, 5.74) is 2.38. The van der Waals surface area contributed by atoms with Crippen molar-refractivity contribution in [1.29, 1.82) is 0 Å². The number of nitrogens with one attached hydrogen (secondary N) is 1. The maximum atomic E-state index is 13.8. The summed E-state index contributed by atoms with van der Waals surface area (Å²) >= 11 is 6.40. The average molecular weight is 748 g/mol. The van der Waals surface area contributed by atoms with Crippen LogP contribution in [-0.2, 0) is 17.5 Å². The number of urea groups is 1. The summed E-state index contributed by atoms with van der Waals surface area (Å²) in [6.45, 7) is 3.65. The van der Waals surface area contributed by atoms with Crippen molar-refractivity contribution in [2.24, 2.45) is 0 Å². The van der Waals surface area contributed by atoms with E-state index in [1.165, 1.54) is 6.07 Å². The molecule has 0 saturated heterocycles. The van der Waals surface area contributed by atoms with Crippen LogP contribution in [0.25, 0.3) is 0 Å². The molecule has 0 radical (unpaired) electrons. The first-order valence-electron chi connectivity index (χ1n) is 17.4. The number of methoxy groups -OCH3 is 2. The number of rotatable bonds is 15. The molecule has 0 fully saturated rings. The van der Waals surface area contributed by atoms with Crippen molar-refractivity contribution >= 4 is 23.3 Å². The summed E-state index contributed by atoms with van der Waals surface area (Å²) in [5.74, 6) is 1.07. The van der Waals surface area contributed by atoms with E-state index in [4.69, 9.17) is 25.8 Å². The van der Waals surface area contributed by atoms with Crippen LogP contribution >= 0.6 is 11.6 Å². The number of benzene rings is 4. The maximum absolute atomic E-state index is 13.8. The summed E-state index contributed by atoms with van der Waals surface area (Å²) in [5, 5.41) is 2.62. The second-order valence-electron chi connectivity index (χ2n) is 13.2. The average Bonchev–Trinajstić information content (AvgIpc) is 3.15. The van der Waals surface area contributed by atoms with Gasteiger partial charge in [0.15, 0.2) is 0 Å². The van der Waals surface area contributed by atoms with Gasteiger partial charge in [-0.05, 0) is 42.2 Å². The molecule has 5 rings (SSSR count). The number of nitrogens with zero attached hydrogens (tertiary/aromatic N) is 2. The standard InChI is InChI=1S/C42H45ClF3N3O4/c1-41(21-12-19-34(27-41)48(2)40(50)47-33-24-35(51-3)26-36(25-33)52-4)53-23-13-22-49(28-32-18-11-20-38(39(32)43)42(44,45)46)29-37(30-14-7-5-8-15-30)31-16-9-6-10-17-31/h5-12,14-21,24-26,37H,13,22-23,27-29H2,1-4H3,(H,47,50). The van der Waals surface area contributed by atoms with Crippen LogP contribution in [0.3, 0.4) is 0 Å². The molecule has 0 heterocycles. The van der Waals surface area contributed by atoms with Crippen molar-refractivity contribution in [3.05, 3.63) is 148 Å². The minimum atomic E-state index is -4.56. The number of carbonyl (C=O) groups is 1. The van der Waals surface area contributed by atoms with Crippen LogP contribution in [-0.4, -0.2) is 62.4 Å². The second-order valence-corrected chi connectivity index (χ2v) is 13.6. The molecule has 1 N–H and O–H groups in total. The third-order valence-electron chi connectivity index (χ3n) is 9.28. The van der Waals surface area contributed by atoms with E-state index in [0.717, 1.165) is 22.9 Å². The quantitative estimate of drug-likeness (QED) is 0.123. The highest BCUT2D eigenvalue weighted by atomic mass is 35.5. The largest absolute Gasteiger partial charge is 0.497 e. The fraction of sp³-hybridized carbons (Fsp3) is 0.310. The first-order valence-corrected chi connectivity index (χ1v) is 17.7. The molecule has 0 spiro atoms. The number of allylic oxidation sites excluding steroid dienone is 2. The Labute approximate surface area is 314 Å². The van der Waals surface area contributed by atoms with Crippen LogP contribution in [0, 0.1) is 0 Å². The Morgan fingerprint density at radius 1 is 0.925 bits per heavy atom. The van der Waals surface area contributed by atoms with Crippen LogP contribution in [0.5, 0.6) is 11.5 Å². The molecule has 280 valence electrons. The highest BCUT2D eigenvalue weighted by Gasteiger charge is 2.34. The zero-order valence-electron chi connectivity index (χ0n) is 30.3. The monoisotopic (exact) mass is 747 g/mol. The Morgan fingerprint density at radius 3 is 2.13 bits per heavy atom. The van der Waals surface area contributed by atoms with Crippen molar-refractivity contribution < 1.29 is 32.2 Å². The van der Waals surface area contributed by atoms with Crippen LogP contribution in [0.1, 0.15) is 47.9 Å². The molecule has 0 aromatic heterocycles. The Balaban J connectivity index is 1.27. The number of carbonyl (C=O) groups excluding carboxylic acids is 1. The van der Waals surface area contributed by atoms with Crippen LogP contribution in [0.15, 0.2) is 121 Å². The lowest BCUT2D eigenvalue weighted by atomic mass is 9.90. The summed E-state index contributed by atoms with van der Waals surface area (Å²) in [7, 11) is 4.79. The zero-order chi connectivity index (χ0) is 38.0. The van der Waals surface area contributed by atoms with Crippen molar-refractivity contribution in [1.82, 2.24) is 9.80 Å². The van der Waals surface area contributed by atoms with E-state index in [9.17, 15) is 18.0 Å². The van der Waals surface area contributed by atoms with Gasteiger partial charge in [-0.1, -0.05) is 96.5 Å². The van der Waals surface area contributed by atoms with Crippen LogP contribution in [0.2, 0.25) is 5.02 Å². The Bertz CT molecular complexity index is 1830. The molecule has 1 unspecified atom stereocenters. The number of amides is 2. The smallest absolute Gasteiger partial charge is 0.417 e. The molecule has 11 heteroatoms. The van der Waals surface area contributed by atoms with Gasteiger partial charge in [0.1, 0.15) is 11.5 Å². The number of hydrogen-bond donors (Lipinski definition) is 1. The first kappa shape index (κ1) is 39.4. The molecule has 0 bridgehead atoms. The molecule has 1 atom stereocenters. The van der Waals surface area contributed by atoms with E-state index in [2.05, 4.69) is 34.5 Å². The topological polar surface area (TPSA) is 63.3 Å². The third kappa shape index (κ3) is 10.7. The van der Waals surface area contributed by atoms with Crippen LogP contribution < -0.4 is 14.8 Å². The van der Waals surface area contributed by atoms with E-state index in [1.807, 2.05) is 61.5 Å². The molecular weight excluding hydrogens is 703 g/mol. The minimum Gasteiger partial charge on any atom is -0.497 e. The minimum absolute atomic E-state index is 0.0332. The number of hydrogen-bond acceptors (Lipinski definition) is 5. The van der Waals surface area contributed by atoms with Crippen molar-refractivity contribution in [3.63, 3.8) is 0 Å². The highest BCUT2D eigenvalue weighted by molar-refractivity contribution is 6.32. The van der Waals surface area contributed by atoms with Gasteiger partial charge < -0.3 is 24.4 Å². The van der Waals surface area contributed by atoms with Crippen molar-refractivity contribution in [2.75, 3.05) is 46.3 Å². The fourth-order valence-electron chi connectivity index (χ4n) is 6.41. The Hall–Kier alpha value is -4.77. The van der Waals surface area contributed by atoms with Gasteiger partial charge in [0.05, 0.1) is 30.4 Å². The molecule has 1 aliphatic carbocycles. The molecule has 0 saturated carbocycles. The molecule has 53 heavy (non-hydrogen) atoms. The second kappa shape index (κ2) is 17.8. The molecule has 7 nitrogen and oxygen atoms in total. The van der Waals surface area contributed by atoms with E-state index in [1.54, 1.807) is 50.4 Å². The van der Waals surface area contributed by atoms with E-state index in [-0.39, 0.29) is 23.5 Å². The summed E-state index contributed by atoms with van der Waals surface area (Å²) in [6, 6.07) is 29.1. The predicted molar refractivity (Wildman–Crippen MR) is 204 cm³/mol. The van der Waals surface area contributed by atoms with Crippen LogP contribution in [0.4, 0.5) is 23.7 Å². The fourth-order valence-corrected chi connectivity index (χ4v) is 6.70. The maximum Gasteiger partial charge on any atom is 0.417 e. The lowest BCUT2D eigenvalue weighted by molar-refractivity contribution is -0.137. The lowest BCUT2D eigenvalue weighted by Gasteiger charge is -2.34. The zero-order valence-corrected chi connectivity index (χ0v) is 31.1. The number of alkyl halides is 3. The van der Waals surface area contributed by atoms with E-state index < -0.39 is 17.3 Å². The lowest BCUT2D eigenvalue weighted by Crippen LogP contribution is -2.37. The molecule has 4 aromatic rings. The van der Waals surface area contributed by atoms with Gasteiger partial charge in [0.2, 0.25) is 0 Å². The van der Waals surface area contributed by atoms with Crippen molar-refractivity contribution in [3.8, 4) is 11.5 Å². The predicted octanol–water partition coefficient (Wildman–Crippen LogP) is 10.2. The SMILES string of the molecule is COc1cc(NC(=O)N(C)C2=CC=CC(C)(OCCCN(Cc3cccc(C(F)(F)F)c3Cl)CC(c3ccccc3)c3ccccc3)C2)cc(OC)c1. The summed E-state index contributed by atoms with van der Waals surface area (Å²) in [4.78, 5) is 16.9. The van der Waals surface area contributed by atoms with Gasteiger partial charge in [-0.2, -0.15) is 13.2 Å². The number of halogens is 4. The van der Waals surface area contributed by atoms with E-state index in [0.29, 0.717) is 55.3 Å². The molecule has 1 aliphatic rings. The van der Waals surface area contributed by atoms with Gasteiger partial charge in [-0.25, -0.2) is 4.79 Å². The number of ether oxygens (including phenoxy) is 3. The molecule has 4 aromatic carbocycles. The highest BCUT2D eigenvalue weighted by Crippen LogP contribution is 2.37. The third-order valence-corrected chi connectivity index (χ3v) is 9.73. The Morgan fingerprint density at radius 2 is 1.55 bits per heavy atom. The Kier molecular flexibility index (Phi) is 13.3. The molecule has 0 aliphatic heterocycles. The summed E-state index contributed by atoms with van der Waals surface area (Å²) < 4.78 is 58.5. The van der Waals surface area contributed by atoms with Gasteiger partial charge >= 0.3 is 12.2 Å². The summed E-state index contributed by atoms with van der Waals surface area (Å²) in [6.07, 6.45) is 2.21. The number of anilines is 1.